The van der Waals surface area contributed by atoms with Crippen molar-refractivity contribution in [3.63, 3.8) is 0 Å². The Morgan fingerprint density at radius 3 is 2.85 bits per heavy atom. The molecule has 110 valence electrons. The lowest BCUT2D eigenvalue weighted by Crippen LogP contribution is -2.24. The maximum absolute atomic E-state index is 12.2. The van der Waals surface area contributed by atoms with Crippen LogP contribution >= 0.6 is 55.2 Å². The van der Waals surface area contributed by atoms with Crippen LogP contribution in [0.5, 0.6) is 5.88 Å². The second-order valence-corrected chi connectivity index (χ2v) is 11.0. The summed E-state index contributed by atoms with van der Waals surface area (Å²) >= 11 is 13.3. The SMILES string of the molecule is COc1nc(Br)cnc1NS(=O)(=O)C1C=CC(Cl)(Br)S1. The Bertz CT molecular complexity index is 654. The van der Waals surface area contributed by atoms with Crippen LogP contribution in [0.15, 0.2) is 23.0 Å². The van der Waals surface area contributed by atoms with Gasteiger partial charge in [0.2, 0.25) is 15.8 Å². The molecule has 2 atom stereocenters. The van der Waals surface area contributed by atoms with Crippen LogP contribution in [-0.2, 0) is 10.0 Å². The Morgan fingerprint density at radius 1 is 1.60 bits per heavy atom. The lowest BCUT2D eigenvalue weighted by atomic mass is 10.6. The highest BCUT2D eigenvalue weighted by Gasteiger charge is 2.38. The highest BCUT2D eigenvalue weighted by atomic mass is 79.9. The van der Waals surface area contributed by atoms with Crippen LogP contribution in [-0.4, -0.2) is 33.2 Å². The van der Waals surface area contributed by atoms with E-state index in [0.29, 0.717) is 4.60 Å². The van der Waals surface area contributed by atoms with Crippen LogP contribution in [0.1, 0.15) is 0 Å². The van der Waals surface area contributed by atoms with E-state index in [2.05, 4.69) is 46.5 Å². The standard InChI is InChI=1S/C9H8Br2ClN3O3S2/c1-18-8-7(13-4-5(10)14-8)15-20(16,17)6-2-3-9(11,12)19-6/h2-4,6H,1H3,(H,13,15). The molecule has 1 N–H and O–H groups in total. The zero-order chi connectivity index (χ0) is 15.0. The number of sulfonamides is 1. The van der Waals surface area contributed by atoms with Crippen LogP contribution in [0.25, 0.3) is 0 Å². The van der Waals surface area contributed by atoms with Gasteiger partial charge in [-0.25, -0.2) is 18.4 Å². The Hall–Kier alpha value is -0.0300. The van der Waals surface area contributed by atoms with E-state index < -0.39 is 17.7 Å². The number of alkyl halides is 2. The molecular formula is C9H8Br2ClN3O3S2. The van der Waals surface area contributed by atoms with Crippen LogP contribution in [0, 0.1) is 0 Å². The number of nitrogens with one attached hydrogen (secondary N) is 1. The van der Waals surface area contributed by atoms with Crippen molar-refractivity contribution >= 4 is 71.1 Å². The van der Waals surface area contributed by atoms with Crippen molar-refractivity contribution < 1.29 is 13.2 Å². The molecule has 11 heteroatoms. The van der Waals surface area contributed by atoms with E-state index in [4.69, 9.17) is 16.3 Å². The number of nitrogens with zero attached hydrogens (tertiary/aromatic N) is 2. The predicted octanol–water partition coefficient (Wildman–Crippen LogP) is 2.91. The van der Waals surface area contributed by atoms with Gasteiger partial charge in [-0.2, -0.15) is 0 Å². The van der Waals surface area contributed by atoms with Crippen molar-refractivity contribution in [2.45, 2.75) is 7.70 Å². The zero-order valence-corrected chi connectivity index (χ0v) is 15.4. The summed E-state index contributed by atoms with van der Waals surface area (Å²) in [4.78, 5) is 7.92. The summed E-state index contributed by atoms with van der Waals surface area (Å²) < 4.78 is 30.5. The Morgan fingerprint density at radius 2 is 2.30 bits per heavy atom. The van der Waals surface area contributed by atoms with Gasteiger partial charge in [0.1, 0.15) is 9.19 Å². The average molecular weight is 466 g/mol. The van der Waals surface area contributed by atoms with Crippen molar-refractivity contribution in [2.24, 2.45) is 0 Å². The van der Waals surface area contributed by atoms with Gasteiger partial charge in [-0.1, -0.05) is 45.4 Å². The predicted molar refractivity (Wildman–Crippen MR) is 86.9 cm³/mol. The summed E-state index contributed by atoms with van der Waals surface area (Å²) in [5.41, 5.74) is 0. The first-order valence-electron chi connectivity index (χ1n) is 5.07. The quantitative estimate of drug-likeness (QED) is 0.544. The highest BCUT2D eigenvalue weighted by Crippen LogP contribution is 2.47. The fraction of sp³-hybridized carbons (Fsp3) is 0.333. The number of hydrogen-bond acceptors (Lipinski definition) is 6. The number of halogens is 3. The Kier molecular flexibility index (Phi) is 4.90. The van der Waals surface area contributed by atoms with Crippen molar-refractivity contribution in [3.8, 4) is 5.88 Å². The molecule has 0 saturated heterocycles. The second-order valence-electron chi connectivity index (χ2n) is 3.60. The molecule has 1 aliphatic heterocycles. The molecule has 0 saturated carbocycles. The molecule has 20 heavy (non-hydrogen) atoms. The van der Waals surface area contributed by atoms with Crippen molar-refractivity contribution in [1.82, 2.24) is 9.97 Å². The van der Waals surface area contributed by atoms with E-state index in [1.165, 1.54) is 19.4 Å². The normalized spacial score (nSPS) is 25.7. The summed E-state index contributed by atoms with van der Waals surface area (Å²) in [5.74, 6) is 0.0947. The third-order valence-corrected chi connectivity index (χ3v) is 6.91. The molecule has 6 nitrogen and oxygen atoms in total. The molecule has 2 rings (SSSR count). The van der Waals surface area contributed by atoms with Crippen LogP contribution in [0.2, 0.25) is 0 Å². The van der Waals surface area contributed by atoms with E-state index >= 15 is 0 Å². The summed E-state index contributed by atoms with van der Waals surface area (Å²) in [7, 11) is -2.34. The molecular weight excluding hydrogens is 458 g/mol. The first-order valence-corrected chi connectivity index (χ1v) is 9.46. The summed E-state index contributed by atoms with van der Waals surface area (Å²) in [5, 5.41) is 0. The minimum atomic E-state index is -3.72. The van der Waals surface area contributed by atoms with Gasteiger partial charge < -0.3 is 4.74 Å². The Labute approximate surface area is 142 Å². The zero-order valence-electron chi connectivity index (χ0n) is 9.88. The molecule has 0 spiro atoms. The van der Waals surface area contributed by atoms with Crippen LogP contribution in [0.4, 0.5) is 5.82 Å². The van der Waals surface area contributed by atoms with Gasteiger partial charge in [-0.05, 0) is 22.0 Å². The number of rotatable bonds is 4. The van der Waals surface area contributed by atoms with Gasteiger partial charge in [0.05, 0.1) is 13.3 Å². The minimum Gasteiger partial charge on any atom is -0.478 e. The molecule has 0 amide bonds. The largest absolute Gasteiger partial charge is 0.478 e. The molecule has 0 aliphatic carbocycles. The van der Waals surface area contributed by atoms with Gasteiger partial charge in [-0.15, -0.1) is 0 Å². The fourth-order valence-electron chi connectivity index (χ4n) is 1.35. The third kappa shape index (κ3) is 3.79. The van der Waals surface area contributed by atoms with Crippen molar-refractivity contribution in [3.05, 3.63) is 23.0 Å². The van der Waals surface area contributed by atoms with E-state index in [1.807, 2.05) is 0 Å². The van der Waals surface area contributed by atoms with E-state index in [1.54, 1.807) is 6.08 Å². The molecule has 2 unspecified atom stereocenters. The minimum absolute atomic E-state index is 0.0198. The molecule has 0 fully saturated rings. The fourth-order valence-corrected chi connectivity index (χ4v) is 5.80. The van der Waals surface area contributed by atoms with Gasteiger partial charge in [0.25, 0.3) is 5.88 Å². The van der Waals surface area contributed by atoms with Crippen LogP contribution < -0.4 is 9.46 Å². The average Bonchev–Trinajstić information content (AvgIpc) is 2.72. The molecule has 0 bridgehead atoms. The number of thioether (sulfide) groups is 1. The van der Waals surface area contributed by atoms with Gasteiger partial charge in [0, 0.05) is 0 Å². The lowest BCUT2D eigenvalue weighted by Gasteiger charge is -2.15. The number of ether oxygens (including phenoxy) is 1. The smallest absolute Gasteiger partial charge is 0.259 e. The van der Waals surface area contributed by atoms with Gasteiger partial charge >= 0.3 is 0 Å². The molecule has 1 aromatic heterocycles. The Balaban J connectivity index is 2.24. The van der Waals surface area contributed by atoms with Gasteiger partial charge in [-0.3, -0.25) is 4.72 Å². The molecule has 0 radical (unpaired) electrons. The van der Waals surface area contributed by atoms with Crippen molar-refractivity contribution in [2.75, 3.05) is 11.8 Å². The second kappa shape index (κ2) is 5.99. The topological polar surface area (TPSA) is 81.2 Å². The van der Waals surface area contributed by atoms with E-state index in [-0.39, 0.29) is 11.7 Å². The molecule has 1 aliphatic rings. The highest BCUT2D eigenvalue weighted by molar-refractivity contribution is 9.12. The number of methoxy groups -OCH3 is 1. The van der Waals surface area contributed by atoms with Crippen molar-refractivity contribution in [1.29, 1.82) is 0 Å². The number of hydrogen-bond donors (Lipinski definition) is 1. The third-order valence-electron chi connectivity index (χ3n) is 2.17. The maximum Gasteiger partial charge on any atom is 0.259 e. The summed E-state index contributed by atoms with van der Waals surface area (Å²) in [6, 6.07) is 0. The van der Waals surface area contributed by atoms with Crippen LogP contribution in [0.3, 0.4) is 0 Å². The van der Waals surface area contributed by atoms with E-state index in [0.717, 1.165) is 11.8 Å². The summed E-state index contributed by atoms with van der Waals surface area (Å²) in [6.07, 6.45) is 4.43. The first-order chi connectivity index (χ1) is 9.23. The first kappa shape index (κ1) is 16.3. The molecule has 2 heterocycles. The maximum atomic E-state index is 12.2. The number of anilines is 1. The van der Waals surface area contributed by atoms with E-state index in [9.17, 15) is 8.42 Å². The lowest BCUT2D eigenvalue weighted by molar-refractivity contribution is 0.397. The molecule has 0 aromatic carbocycles. The number of aromatic nitrogens is 2. The monoisotopic (exact) mass is 463 g/mol. The molecule has 1 aromatic rings. The van der Waals surface area contributed by atoms with Gasteiger partial charge in [0.15, 0.2) is 3.12 Å². The summed E-state index contributed by atoms with van der Waals surface area (Å²) in [6.45, 7) is 0.